The zero-order valence-electron chi connectivity index (χ0n) is 18.4. The van der Waals surface area contributed by atoms with Crippen LogP contribution in [0.1, 0.15) is 41.7 Å². The number of rotatable bonds is 6. The highest BCUT2D eigenvalue weighted by Gasteiger charge is 2.30. The average Bonchev–Trinajstić information content (AvgIpc) is 3.31. The van der Waals surface area contributed by atoms with Crippen molar-refractivity contribution in [1.29, 1.82) is 0 Å². The minimum atomic E-state index is -0.422. The monoisotopic (exact) mass is 432 g/mol. The maximum atomic E-state index is 12.8. The van der Waals surface area contributed by atoms with Crippen LogP contribution in [0.4, 0.5) is 4.79 Å². The van der Waals surface area contributed by atoms with Gasteiger partial charge in [-0.1, -0.05) is 42.5 Å². The Morgan fingerprint density at radius 2 is 1.81 bits per heavy atom. The number of hydrogen-bond acceptors (Lipinski definition) is 5. The van der Waals surface area contributed by atoms with Crippen molar-refractivity contribution in [2.75, 3.05) is 20.2 Å². The fraction of sp³-hybridized carbons (Fsp3) is 0.308. The zero-order valence-corrected chi connectivity index (χ0v) is 18.4. The van der Waals surface area contributed by atoms with Crippen molar-refractivity contribution in [1.82, 2.24) is 10.2 Å². The topological polar surface area (TPSA) is 67.9 Å². The zero-order chi connectivity index (χ0) is 22.5. The van der Waals surface area contributed by atoms with Crippen LogP contribution in [0.25, 0.3) is 10.8 Å². The summed E-state index contributed by atoms with van der Waals surface area (Å²) in [5, 5.41) is 6.08. The van der Waals surface area contributed by atoms with Crippen molar-refractivity contribution in [3.63, 3.8) is 0 Å². The van der Waals surface area contributed by atoms with Crippen LogP contribution in [0.15, 0.2) is 66.7 Å². The number of fused-ring (bicyclic) bond motifs is 1. The van der Waals surface area contributed by atoms with Gasteiger partial charge < -0.3 is 19.7 Å². The van der Waals surface area contributed by atoms with E-state index in [-0.39, 0.29) is 18.2 Å². The van der Waals surface area contributed by atoms with Crippen LogP contribution in [-0.2, 0) is 4.74 Å². The molecule has 4 rings (SSSR count). The standard InChI is InChI=1S/C26H28N2O4/c1-18(23-11-5-8-19-7-3-4-10-24(19)23)27-17-21-9-6-16-28(21)26(30)32-22-14-12-20(13-15-22)25(29)31-2/h3-5,7-8,10-15,18,21,27H,6,9,16-17H2,1-2H3/t18-,21?/m1/s1. The van der Waals surface area contributed by atoms with Gasteiger partial charge in [0.2, 0.25) is 0 Å². The third-order valence-corrected chi connectivity index (χ3v) is 6.04. The van der Waals surface area contributed by atoms with Gasteiger partial charge in [-0.05, 0) is 60.4 Å². The molecule has 0 saturated carbocycles. The highest BCUT2D eigenvalue weighted by atomic mass is 16.6. The molecule has 1 N–H and O–H groups in total. The van der Waals surface area contributed by atoms with Crippen LogP contribution >= 0.6 is 0 Å². The highest BCUT2D eigenvalue weighted by molar-refractivity contribution is 5.89. The minimum absolute atomic E-state index is 0.0780. The van der Waals surface area contributed by atoms with Gasteiger partial charge in [0.1, 0.15) is 5.75 Å². The number of benzene rings is 3. The Morgan fingerprint density at radius 3 is 2.59 bits per heavy atom. The van der Waals surface area contributed by atoms with Crippen molar-refractivity contribution in [3.8, 4) is 5.75 Å². The summed E-state index contributed by atoms with van der Waals surface area (Å²) >= 11 is 0. The van der Waals surface area contributed by atoms with E-state index >= 15 is 0 Å². The summed E-state index contributed by atoms with van der Waals surface area (Å²) in [5.41, 5.74) is 1.67. The Kier molecular flexibility index (Phi) is 6.71. The molecule has 0 aromatic heterocycles. The third kappa shape index (κ3) is 4.75. The van der Waals surface area contributed by atoms with E-state index in [0.717, 1.165) is 12.8 Å². The number of likely N-dealkylation sites (tertiary alicyclic amines) is 1. The molecule has 6 nitrogen and oxygen atoms in total. The summed E-state index contributed by atoms with van der Waals surface area (Å²) in [6, 6.07) is 21.4. The fourth-order valence-electron chi connectivity index (χ4n) is 4.28. The molecule has 1 aliphatic heterocycles. The molecule has 2 atom stereocenters. The summed E-state index contributed by atoms with van der Waals surface area (Å²) in [4.78, 5) is 26.1. The Hall–Kier alpha value is -3.38. The number of carbonyl (C=O) groups is 2. The summed E-state index contributed by atoms with van der Waals surface area (Å²) in [7, 11) is 1.33. The second-order valence-electron chi connectivity index (χ2n) is 8.07. The number of esters is 1. The molecular weight excluding hydrogens is 404 g/mol. The molecule has 1 saturated heterocycles. The Bertz CT molecular complexity index is 1090. The molecule has 6 heteroatoms. The molecule has 3 aromatic rings. The second-order valence-corrected chi connectivity index (χ2v) is 8.07. The molecule has 3 aromatic carbocycles. The van der Waals surface area contributed by atoms with Gasteiger partial charge in [0, 0.05) is 25.2 Å². The maximum Gasteiger partial charge on any atom is 0.415 e. The summed E-state index contributed by atoms with van der Waals surface area (Å²) in [6.45, 7) is 3.52. The largest absolute Gasteiger partial charge is 0.465 e. The highest BCUT2D eigenvalue weighted by Crippen LogP contribution is 2.25. The fourth-order valence-corrected chi connectivity index (χ4v) is 4.28. The first-order valence-electron chi connectivity index (χ1n) is 10.9. The predicted molar refractivity (Wildman–Crippen MR) is 124 cm³/mol. The van der Waals surface area contributed by atoms with E-state index in [9.17, 15) is 9.59 Å². The Morgan fingerprint density at radius 1 is 1.06 bits per heavy atom. The van der Waals surface area contributed by atoms with Crippen LogP contribution in [0, 0.1) is 0 Å². The van der Waals surface area contributed by atoms with Crippen molar-refractivity contribution in [2.24, 2.45) is 0 Å². The number of methoxy groups -OCH3 is 1. The predicted octanol–water partition coefficient (Wildman–Crippen LogP) is 4.94. The number of nitrogens with one attached hydrogen (secondary N) is 1. The molecule has 1 unspecified atom stereocenters. The molecule has 1 fully saturated rings. The van der Waals surface area contributed by atoms with E-state index in [1.54, 1.807) is 29.2 Å². The van der Waals surface area contributed by atoms with Gasteiger partial charge in [-0.25, -0.2) is 9.59 Å². The molecule has 1 amide bonds. The van der Waals surface area contributed by atoms with Crippen molar-refractivity contribution >= 4 is 22.8 Å². The lowest BCUT2D eigenvalue weighted by molar-refractivity contribution is 0.0600. The number of ether oxygens (including phenoxy) is 2. The average molecular weight is 433 g/mol. The van der Waals surface area contributed by atoms with Crippen molar-refractivity contribution in [3.05, 3.63) is 77.9 Å². The Labute approximate surface area is 188 Å². The van der Waals surface area contributed by atoms with Gasteiger partial charge in [-0.3, -0.25) is 0 Å². The molecule has 32 heavy (non-hydrogen) atoms. The van der Waals surface area contributed by atoms with E-state index in [4.69, 9.17) is 9.47 Å². The number of hydrogen-bond donors (Lipinski definition) is 1. The summed E-state index contributed by atoms with van der Waals surface area (Å²) in [5.74, 6) is -0.0146. The number of carbonyl (C=O) groups excluding carboxylic acids is 2. The minimum Gasteiger partial charge on any atom is -0.465 e. The van der Waals surface area contributed by atoms with E-state index in [2.05, 4.69) is 54.7 Å². The van der Waals surface area contributed by atoms with Gasteiger partial charge in [0.15, 0.2) is 0 Å². The molecule has 0 aliphatic carbocycles. The van der Waals surface area contributed by atoms with E-state index in [0.29, 0.717) is 24.4 Å². The van der Waals surface area contributed by atoms with Gasteiger partial charge in [-0.15, -0.1) is 0 Å². The molecule has 166 valence electrons. The van der Waals surface area contributed by atoms with Crippen LogP contribution in [0.5, 0.6) is 5.75 Å². The van der Waals surface area contributed by atoms with E-state index in [1.165, 1.54) is 23.4 Å². The van der Waals surface area contributed by atoms with Crippen LogP contribution in [-0.4, -0.2) is 43.2 Å². The molecule has 0 spiro atoms. The van der Waals surface area contributed by atoms with Crippen LogP contribution in [0.3, 0.4) is 0 Å². The molecular formula is C26H28N2O4. The molecule has 1 aliphatic rings. The van der Waals surface area contributed by atoms with Crippen molar-refractivity contribution < 1.29 is 19.1 Å². The molecule has 1 heterocycles. The number of nitrogens with zero attached hydrogens (tertiary/aromatic N) is 1. The lowest BCUT2D eigenvalue weighted by atomic mass is 9.99. The van der Waals surface area contributed by atoms with Gasteiger partial charge in [0.25, 0.3) is 0 Å². The Balaban J connectivity index is 1.37. The van der Waals surface area contributed by atoms with Crippen molar-refractivity contribution in [2.45, 2.75) is 31.8 Å². The smallest absolute Gasteiger partial charge is 0.415 e. The maximum absolute atomic E-state index is 12.8. The quantitative estimate of drug-likeness (QED) is 0.559. The molecule has 0 bridgehead atoms. The lowest BCUT2D eigenvalue weighted by Gasteiger charge is -2.26. The summed E-state index contributed by atoms with van der Waals surface area (Å²) in [6.07, 6.45) is 1.52. The normalized spacial score (nSPS) is 16.7. The lowest BCUT2D eigenvalue weighted by Crippen LogP contribution is -2.43. The van der Waals surface area contributed by atoms with E-state index in [1.807, 2.05) is 0 Å². The van der Waals surface area contributed by atoms with Gasteiger partial charge >= 0.3 is 12.1 Å². The molecule has 0 radical (unpaired) electrons. The number of amides is 1. The first kappa shape index (κ1) is 21.8. The SMILES string of the molecule is COC(=O)c1ccc(OC(=O)N2CCCC2CN[C@H](C)c2cccc3ccccc23)cc1. The van der Waals surface area contributed by atoms with E-state index < -0.39 is 5.97 Å². The van der Waals surface area contributed by atoms with Crippen LogP contribution < -0.4 is 10.1 Å². The van der Waals surface area contributed by atoms with Gasteiger partial charge in [0.05, 0.1) is 12.7 Å². The summed E-state index contributed by atoms with van der Waals surface area (Å²) < 4.78 is 10.2. The van der Waals surface area contributed by atoms with Crippen LogP contribution in [0.2, 0.25) is 0 Å². The first-order valence-corrected chi connectivity index (χ1v) is 10.9. The third-order valence-electron chi connectivity index (χ3n) is 6.04. The van der Waals surface area contributed by atoms with Gasteiger partial charge in [-0.2, -0.15) is 0 Å². The first-order chi connectivity index (χ1) is 15.6. The second kappa shape index (κ2) is 9.83.